The molecule has 3 aromatic carbocycles. The van der Waals surface area contributed by atoms with Crippen LogP contribution in [-0.4, -0.2) is 44.0 Å². The van der Waals surface area contributed by atoms with E-state index in [1.165, 1.54) is 22.9 Å². The van der Waals surface area contributed by atoms with Crippen LogP contribution < -0.4 is 10.2 Å². The molecule has 1 atom stereocenters. The SMILES string of the molecule is CN(C)C1CCN(c2ccc(NC(=O)/C=C/c3ccc4ccccc4c3)cc2)C1. The average molecular weight is 386 g/mol. The third-order valence-electron chi connectivity index (χ3n) is 5.59. The second-order valence-electron chi connectivity index (χ2n) is 7.83. The molecule has 0 aromatic heterocycles. The lowest BCUT2D eigenvalue weighted by Gasteiger charge is -2.22. The molecular formula is C25H27N3O. The maximum atomic E-state index is 12.3. The van der Waals surface area contributed by atoms with Gasteiger partial charge in [-0.3, -0.25) is 4.79 Å². The van der Waals surface area contributed by atoms with Gasteiger partial charge in [0.2, 0.25) is 5.91 Å². The minimum atomic E-state index is -0.125. The number of anilines is 2. The first-order valence-electron chi connectivity index (χ1n) is 10.1. The smallest absolute Gasteiger partial charge is 0.248 e. The Morgan fingerprint density at radius 1 is 1.03 bits per heavy atom. The van der Waals surface area contributed by atoms with E-state index >= 15 is 0 Å². The minimum Gasteiger partial charge on any atom is -0.370 e. The van der Waals surface area contributed by atoms with Crippen LogP contribution in [0.5, 0.6) is 0 Å². The number of nitrogens with zero attached hydrogens (tertiary/aromatic N) is 2. The van der Waals surface area contributed by atoms with Crippen LogP contribution in [0.25, 0.3) is 16.8 Å². The van der Waals surface area contributed by atoms with Crippen molar-refractivity contribution in [2.24, 2.45) is 0 Å². The monoisotopic (exact) mass is 385 g/mol. The zero-order valence-corrected chi connectivity index (χ0v) is 17.0. The lowest BCUT2D eigenvalue weighted by molar-refractivity contribution is -0.111. The molecule has 0 bridgehead atoms. The van der Waals surface area contributed by atoms with E-state index < -0.39 is 0 Å². The fraction of sp³-hybridized carbons (Fsp3) is 0.240. The molecule has 4 rings (SSSR count). The van der Waals surface area contributed by atoms with Crippen molar-refractivity contribution >= 4 is 34.1 Å². The van der Waals surface area contributed by atoms with Crippen LogP contribution in [-0.2, 0) is 4.79 Å². The van der Waals surface area contributed by atoms with Gasteiger partial charge in [0, 0.05) is 36.6 Å². The molecule has 4 nitrogen and oxygen atoms in total. The molecule has 1 heterocycles. The first-order chi connectivity index (χ1) is 14.1. The third-order valence-corrected chi connectivity index (χ3v) is 5.59. The number of rotatable bonds is 5. The van der Waals surface area contributed by atoms with Gasteiger partial charge in [-0.2, -0.15) is 0 Å². The second-order valence-corrected chi connectivity index (χ2v) is 7.83. The maximum Gasteiger partial charge on any atom is 0.248 e. The van der Waals surface area contributed by atoms with Crippen LogP contribution in [0, 0.1) is 0 Å². The number of hydrogen-bond acceptors (Lipinski definition) is 3. The van der Waals surface area contributed by atoms with Crippen molar-refractivity contribution in [1.82, 2.24) is 4.90 Å². The van der Waals surface area contributed by atoms with E-state index in [9.17, 15) is 4.79 Å². The zero-order chi connectivity index (χ0) is 20.2. The maximum absolute atomic E-state index is 12.3. The fourth-order valence-corrected chi connectivity index (χ4v) is 3.82. The Kier molecular flexibility index (Phi) is 5.63. The fourth-order valence-electron chi connectivity index (χ4n) is 3.82. The topological polar surface area (TPSA) is 35.6 Å². The molecule has 0 radical (unpaired) electrons. The Bertz CT molecular complexity index is 1020. The normalized spacial score (nSPS) is 16.8. The molecule has 1 N–H and O–H groups in total. The number of carbonyl (C=O) groups excluding carboxylic acids is 1. The Balaban J connectivity index is 1.36. The minimum absolute atomic E-state index is 0.125. The van der Waals surface area contributed by atoms with Crippen LogP contribution in [0.3, 0.4) is 0 Å². The van der Waals surface area contributed by atoms with E-state index in [4.69, 9.17) is 0 Å². The quantitative estimate of drug-likeness (QED) is 0.651. The van der Waals surface area contributed by atoms with Crippen LogP contribution in [0.1, 0.15) is 12.0 Å². The Hall–Kier alpha value is -3.11. The molecule has 4 heteroatoms. The molecule has 1 unspecified atom stereocenters. The first-order valence-corrected chi connectivity index (χ1v) is 10.1. The van der Waals surface area contributed by atoms with E-state index in [1.54, 1.807) is 6.08 Å². The highest BCUT2D eigenvalue weighted by atomic mass is 16.1. The number of carbonyl (C=O) groups is 1. The van der Waals surface area contributed by atoms with Crippen LogP contribution in [0.2, 0.25) is 0 Å². The molecular weight excluding hydrogens is 358 g/mol. The van der Waals surface area contributed by atoms with Crippen molar-refractivity contribution in [2.45, 2.75) is 12.5 Å². The zero-order valence-electron chi connectivity index (χ0n) is 17.0. The summed E-state index contributed by atoms with van der Waals surface area (Å²) in [5.74, 6) is -0.125. The van der Waals surface area contributed by atoms with Gasteiger partial charge in [0.25, 0.3) is 0 Å². The van der Waals surface area contributed by atoms with Crippen molar-refractivity contribution in [3.05, 3.63) is 78.4 Å². The van der Waals surface area contributed by atoms with Gasteiger partial charge in [0.05, 0.1) is 0 Å². The number of nitrogens with one attached hydrogen (secondary N) is 1. The molecule has 1 aliphatic rings. The summed E-state index contributed by atoms with van der Waals surface area (Å²) in [5.41, 5.74) is 3.03. The molecule has 1 aliphatic heterocycles. The lowest BCUT2D eigenvalue weighted by atomic mass is 10.1. The molecule has 148 valence electrons. The number of benzene rings is 3. The van der Waals surface area contributed by atoms with Crippen LogP contribution >= 0.6 is 0 Å². The van der Waals surface area contributed by atoms with Crippen molar-refractivity contribution in [1.29, 1.82) is 0 Å². The van der Waals surface area contributed by atoms with Gasteiger partial charge in [-0.05, 0) is 73.3 Å². The average Bonchev–Trinajstić information content (AvgIpc) is 3.23. The molecule has 1 amide bonds. The predicted molar refractivity (Wildman–Crippen MR) is 122 cm³/mol. The summed E-state index contributed by atoms with van der Waals surface area (Å²) in [4.78, 5) is 17.0. The molecule has 0 saturated carbocycles. The molecule has 0 aliphatic carbocycles. The Morgan fingerprint density at radius 3 is 2.52 bits per heavy atom. The van der Waals surface area contributed by atoms with Gasteiger partial charge in [0.15, 0.2) is 0 Å². The highest BCUT2D eigenvalue weighted by molar-refractivity contribution is 6.02. The van der Waals surface area contributed by atoms with E-state index in [0.717, 1.165) is 24.3 Å². The summed E-state index contributed by atoms with van der Waals surface area (Å²) in [6, 6.07) is 23.1. The van der Waals surface area contributed by atoms with Gasteiger partial charge in [-0.1, -0.05) is 36.4 Å². The third kappa shape index (κ3) is 4.66. The van der Waals surface area contributed by atoms with Gasteiger partial charge in [0.1, 0.15) is 0 Å². The molecule has 3 aromatic rings. The van der Waals surface area contributed by atoms with Crippen molar-refractivity contribution in [3.63, 3.8) is 0 Å². The lowest BCUT2D eigenvalue weighted by Crippen LogP contribution is -2.31. The highest BCUT2D eigenvalue weighted by Gasteiger charge is 2.23. The number of fused-ring (bicyclic) bond motifs is 1. The van der Waals surface area contributed by atoms with E-state index in [1.807, 2.05) is 36.4 Å². The largest absolute Gasteiger partial charge is 0.370 e. The standard InChI is InChI=1S/C25H27N3O/c1-27(2)24-15-16-28(18-24)23-12-10-22(11-13-23)26-25(29)14-8-19-7-9-20-5-3-4-6-21(20)17-19/h3-14,17,24H,15-16,18H2,1-2H3,(H,26,29)/b14-8+. The van der Waals surface area contributed by atoms with Gasteiger partial charge in [-0.15, -0.1) is 0 Å². The number of hydrogen-bond donors (Lipinski definition) is 1. The van der Waals surface area contributed by atoms with E-state index in [2.05, 4.69) is 65.6 Å². The van der Waals surface area contributed by atoms with Crippen molar-refractivity contribution < 1.29 is 4.79 Å². The number of amides is 1. The van der Waals surface area contributed by atoms with Gasteiger partial charge < -0.3 is 15.1 Å². The van der Waals surface area contributed by atoms with Crippen LogP contribution in [0.15, 0.2) is 72.8 Å². The van der Waals surface area contributed by atoms with E-state index in [0.29, 0.717) is 6.04 Å². The molecule has 29 heavy (non-hydrogen) atoms. The molecule has 1 saturated heterocycles. The van der Waals surface area contributed by atoms with Crippen molar-refractivity contribution in [2.75, 3.05) is 37.4 Å². The summed E-state index contributed by atoms with van der Waals surface area (Å²) in [6.45, 7) is 2.12. The van der Waals surface area contributed by atoms with Gasteiger partial charge >= 0.3 is 0 Å². The summed E-state index contributed by atoms with van der Waals surface area (Å²) in [5, 5.41) is 5.31. The van der Waals surface area contributed by atoms with Crippen LogP contribution in [0.4, 0.5) is 11.4 Å². The molecule has 1 fully saturated rings. The molecule has 0 spiro atoms. The number of likely N-dealkylation sites (N-methyl/N-ethyl adjacent to an activating group) is 1. The van der Waals surface area contributed by atoms with Crippen molar-refractivity contribution in [3.8, 4) is 0 Å². The second kappa shape index (κ2) is 8.50. The van der Waals surface area contributed by atoms with Gasteiger partial charge in [-0.25, -0.2) is 0 Å². The van der Waals surface area contributed by atoms with E-state index in [-0.39, 0.29) is 5.91 Å². The summed E-state index contributed by atoms with van der Waals surface area (Å²) < 4.78 is 0. The first kappa shape index (κ1) is 19.2. The Morgan fingerprint density at radius 2 is 1.79 bits per heavy atom. The predicted octanol–water partition coefficient (Wildman–Crippen LogP) is 4.63. The summed E-state index contributed by atoms with van der Waals surface area (Å²) in [7, 11) is 4.27. The Labute approximate surface area is 172 Å². The summed E-state index contributed by atoms with van der Waals surface area (Å²) in [6.07, 6.45) is 4.62. The highest BCUT2D eigenvalue weighted by Crippen LogP contribution is 2.24. The summed E-state index contributed by atoms with van der Waals surface area (Å²) >= 11 is 0.